The van der Waals surface area contributed by atoms with Gasteiger partial charge in [-0.15, -0.1) is 0 Å². The van der Waals surface area contributed by atoms with E-state index in [1.165, 1.54) is 17.4 Å². The van der Waals surface area contributed by atoms with Crippen LogP contribution in [0.15, 0.2) is 16.7 Å². The number of alkyl halides is 3. The van der Waals surface area contributed by atoms with Gasteiger partial charge < -0.3 is 19.3 Å². The lowest BCUT2D eigenvalue weighted by molar-refractivity contribution is -0.148. The third kappa shape index (κ3) is 4.16. The number of halogens is 4. The van der Waals surface area contributed by atoms with E-state index in [2.05, 4.69) is 15.0 Å². The molecule has 2 bridgehead atoms. The third-order valence-corrected chi connectivity index (χ3v) is 9.43. The highest BCUT2D eigenvalue weighted by Gasteiger charge is 2.58. The zero-order valence-electron chi connectivity index (χ0n) is 20.2. The van der Waals surface area contributed by atoms with Crippen LogP contribution in [-0.2, 0) is 11.3 Å². The smallest absolute Gasteiger partial charge is 0.392 e. The van der Waals surface area contributed by atoms with Crippen molar-refractivity contribution in [3.05, 3.63) is 40.5 Å². The van der Waals surface area contributed by atoms with E-state index in [1.807, 2.05) is 0 Å². The van der Waals surface area contributed by atoms with E-state index in [4.69, 9.17) is 9.26 Å². The van der Waals surface area contributed by atoms with Gasteiger partial charge in [0.2, 0.25) is 0 Å². The molecule has 7 rings (SSSR count). The van der Waals surface area contributed by atoms with Crippen molar-refractivity contribution in [1.29, 1.82) is 0 Å². The number of fused-ring (bicyclic) bond motifs is 3. The standard InChI is InChI=1S/C26H25F4N3O4S/c27-19-5-12(24(34)35)6-20-22(19)31-25(38-20)33-13-3-4-14(33)8-15(7-13)36-10-17-21(16-9-18(16)26(28,29)30)32-37-23(17)11-1-2-11/h5-6,11,13-16,18H,1-4,7-10H2,(H,34,35)/t13-,14?,15?,16?,18?/m0/s1. The fourth-order valence-electron chi connectivity index (χ4n) is 6.28. The van der Waals surface area contributed by atoms with Gasteiger partial charge in [0.25, 0.3) is 0 Å². The van der Waals surface area contributed by atoms with Crippen molar-refractivity contribution in [3.8, 4) is 0 Å². The van der Waals surface area contributed by atoms with Crippen LogP contribution in [0.1, 0.15) is 84.2 Å². The lowest BCUT2D eigenvalue weighted by atomic mass is 10.00. The molecule has 0 spiro atoms. The van der Waals surface area contributed by atoms with E-state index in [1.54, 1.807) is 0 Å². The van der Waals surface area contributed by atoms with Crippen molar-refractivity contribution in [3.63, 3.8) is 0 Å². The number of carboxylic acid groups (broad SMARTS) is 1. The fourth-order valence-corrected chi connectivity index (χ4v) is 7.45. The second kappa shape index (κ2) is 8.64. The Morgan fingerprint density at radius 3 is 2.53 bits per heavy atom. The van der Waals surface area contributed by atoms with E-state index >= 15 is 0 Å². The Bertz CT molecular complexity index is 1400. The van der Waals surface area contributed by atoms with Crippen LogP contribution >= 0.6 is 11.3 Å². The van der Waals surface area contributed by atoms with Crippen LogP contribution in [0.4, 0.5) is 22.7 Å². The van der Waals surface area contributed by atoms with Crippen LogP contribution in [0, 0.1) is 11.7 Å². The highest BCUT2D eigenvalue weighted by atomic mass is 32.1. The summed E-state index contributed by atoms with van der Waals surface area (Å²) in [6, 6.07) is 2.74. The first-order valence-electron chi connectivity index (χ1n) is 13.0. The zero-order valence-corrected chi connectivity index (χ0v) is 21.0. The minimum atomic E-state index is -4.23. The number of hydrogen-bond acceptors (Lipinski definition) is 7. The molecule has 7 nitrogen and oxygen atoms in total. The first kappa shape index (κ1) is 24.3. The molecule has 2 aliphatic heterocycles. The summed E-state index contributed by atoms with van der Waals surface area (Å²) in [5.74, 6) is -2.93. The fraction of sp³-hybridized carbons (Fsp3) is 0.577. The molecular formula is C26H25F4N3O4S. The summed E-state index contributed by atoms with van der Waals surface area (Å²) in [5, 5.41) is 14.0. The van der Waals surface area contributed by atoms with Gasteiger partial charge in [0.1, 0.15) is 11.3 Å². The molecule has 4 fully saturated rings. The Morgan fingerprint density at radius 1 is 1.16 bits per heavy atom. The number of carbonyl (C=O) groups is 1. The topological polar surface area (TPSA) is 88.7 Å². The molecule has 202 valence electrons. The Hall–Kier alpha value is -2.73. The average Bonchev–Trinajstić information content (AvgIpc) is 3.76. The van der Waals surface area contributed by atoms with Crippen molar-refractivity contribution < 1.29 is 36.7 Å². The largest absolute Gasteiger partial charge is 0.478 e. The summed E-state index contributed by atoms with van der Waals surface area (Å²) in [6.45, 7) is 0.195. The Kier molecular flexibility index (Phi) is 5.53. The molecule has 0 amide bonds. The molecule has 5 atom stereocenters. The highest BCUT2D eigenvalue weighted by molar-refractivity contribution is 7.22. The van der Waals surface area contributed by atoms with Crippen molar-refractivity contribution in [2.24, 2.45) is 5.92 Å². The maximum Gasteiger partial charge on any atom is 0.392 e. The average molecular weight is 552 g/mol. The quantitative estimate of drug-likeness (QED) is 0.341. The number of hydrogen-bond donors (Lipinski definition) is 1. The molecule has 4 aliphatic rings. The summed E-state index contributed by atoms with van der Waals surface area (Å²) in [7, 11) is 0. The maximum absolute atomic E-state index is 14.5. The zero-order chi connectivity index (χ0) is 26.3. The van der Waals surface area contributed by atoms with Crippen molar-refractivity contribution in [2.45, 2.75) is 87.8 Å². The second-order valence-electron chi connectivity index (χ2n) is 11.0. The lowest BCUT2D eigenvalue weighted by Gasteiger charge is -2.38. The van der Waals surface area contributed by atoms with Crippen LogP contribution in [0.2, 0.25) is 0 Å². The van der Waals surface area contributed by atoms with Gasteiger partial charge in [-0.1, -0.05) is 16.5 Å². The number of aromatic carboxylic acids is 1. The number of piperidine rings is 1. The third-order valence-electron chi connectivity index (χ3n) is 8.42. The molecule has 1 aromatic carbocycles. The Morgan fingerprint density at radius 2 is 1.89 bits per heavy atom. The minimum Gasteiger partial charge on any atom is -0.478 e. The first-order valence-corrected chi connectivity index (χ1v) is 13.8. The predicted octanol–water partition coefficient (Wildman–Crippen LogP) is 6.38. The number of ether oxygens (including phenoxy) is 1. The van der Waals surface area contributed by atoms with Gasteiger partial charge in [0.15, 0.2) is 10.9 Å². The van der Waals surface area contributed by atoms with Crippen LogP contribution in [0.3, 0.4) is 0 Å². The molecule has 2 saturated heterocycles. The van der Waals surface area contributed by atoms with Gasteiger partial charge in [-0.3, -0.25) is 0 Å². The van der Waals surface area contributed by atoms with Crippen molar-refractivity contribution >= 4 is 32.7 Å². The Balaban J connectivity index is 1.07. The molecular weight excluding hydrogens is 526 g/mol. The normalized spacial score (nSPS) is 28.8. The predicted molar refractivity (Wildman–Crippen MR) is 129 cm³/mol. The minimum absolute atomic E-state index is 0.0480. The summed E-state index contributed by atoms with van der Waals surface area (Å²) in [4.78, 5) is 18.0. The lowest BCUT2D eigenvalue weighted by Crippen LogP contribution is -2.45. The van der Waals surface area contributed by atoms with Crippen LogP contribution in [-0.4, -0.2) is 45.6 Å². The number of aromatic nitrogens is 2. The first-order chi connectivity index (χ1) is 18.2. The summed E-state index contributed by atoms with van der Waals surface area (Å²) in [6.07, 6.45) is 0.976. The van der Waals surface area contributed by atoms with Crippen LogP contribution in [0.25, 0.3) is 10.2 Å². The number of thiazole rings is 1. The highest BCUT2D eigenvalue weighted by Crippen LogP contribution is 2.57. The molecule has 4 unspecified atom stereocenters. The van der Waals surface area contributed by atoms with Gasteiger partial charge >= 0.3 is 12.1 Å². The van der Waals surface area contributed by atoms with Crippen LogP contribution in [0.5, 0.6) is 0 Å². The summed E-state index contributed by atoms with van der Waals surface area (Å²) >= 11 is 1.29. The number of rotatable bonds is 7. The molecule has 1 N–H and O–H groups in total. The van der Waals surface area contributed by atoms with Crippen molar-refractivity contribution in [1.82, 2.24) is 10.1 Å². The van der Waals surface area contributed by atoms with Gasteiger partial charge in [-0.05, 0) is 57.1 Å². The molecule has 38 heavy (non-hydrogen) atoms. The molecule has 2 aliphatic carbocycles. The van der Waals surface area contributed by atoms with Gasteiger partial charge in [0.05, 0.1) is 34.6 Å². The molecule has 2 saturated carbocycles. The Labute approximate surface area is 218 Å². The van der Waals surface area contributed by atoms with E-state index in [9.17, 15) is 27.5 Å². The number of carboxylic acids is 1. The van der Waals surface area contributed by atoms with E-state index in [0.717, 1.165) is 44.6 Å². The monoisotopic (exact) mass is 551 g/mol. The van der Waals surface area contributed by atoms with Crippen molar-refractivity contribution in [2.75, 3.05) is 4.90 Å². The number of nitrogens with zero attached hydrogens (tertiary/aromatic N) is 3. The molecule has 2 aromatic heterocycles. The second-order valence-corrected chi connectivity index (χ2v) is 12.0. The SMILES string of the molecule is O=C(O)c1cc(F)c2nc(N3C4CC[C@H]3CC(OCc3c(C5CC5C(F)(F)F)noc3C3CC3)C4)sc2c1. The molecule has 3 aromatic rings. The van der Waals surface area contributed by atoms with E-state index < -0.39 is 29.8 Å². The van der Waals surface area contributed by atoms with Gasteiger partial charge in [0, 0.05) is 29.5 Å². The van der Waals surface area contributed by atoms with Gasteiger partial charge in [-0.25, -0.2) is 14.2 Å². The van der Waals surface area contributed by atoms with E-state index in [0.29, 0.717) is 26.8 Å². The van der Waals surface area contributed by atoms with Gasteiger partial charge in [-0.2, -0.15) is 13.2 Å². The molecule has 4 heterocycles. The molecule has 0 radical (unpaired) electrons. The number of benzene rings is 1. The van der Waals surface area contributed by atoms with Crippen LogP contribution < -0.4 is 4.90 Å². The maximum atomic E-state index is 14.5. The molecule has 12 heteroatoms. The number of anilines is 1. The summed E-state index contributed by atoms with van der Waals surface area (Å²) < 4.78 is 66.6. The summed E-state index contributed by atoms with van der Waals surface area (Å²) in [5.41, 5.74) is 1.19. The van der Waals surface area contributed by atoms with E-state index in [-0.39, 0.29) is 48.2 Å².